The average Bonchev–Trinajstić information content (AvgIpc) is 2.55. The highest BCUT2D eigenvalue weighted by atomic mass is 16.4. The first-order valence-electron chi connectivity index (χ1n) is 8.17. The van der Waals surface area contributed by atoms with E-state index in [0.29, 0.717) is 5.71 Å². The SMILES string of the molecule is CC(C)(C)C1(/C(CCC(=O)O)=N/O)C=CC(c2ccccc2)C=C1. The Morgan fingerprint density at radius 2 is 1.71 bits per heavy atom. The van der Waals surface area contributed by atoms with E-state index in [2.05, 4.69) is 62.4 Å². The second-order valence-corrected chi connectivity index (χ2v) is 7.21. The minimum absolute atomic E-state index is 0.0545. The molecule has 0 saturated heterocycles. The van der Waals surface area contributed by atoms with Crippen LogP contribution in [-0.4, -0.2) is 22.0 Å². The number of rotatable bonds is 5. The van der Waals surface area contributed by atoms with Gasteiger partial charge in [-0.1, -0.05) is 80.6 Å². The van der Waals surface area contributed by atoms with Gasteiger partial charge in [-0.3, -0.25) is 4.79 Å². The van der Waals surface area contributed by atoms with Crippen LogP contribution in [0.2, 0.25) is 0 Å². The third kappa shape index (κ3) is 3.58. The van der Waals surface area contributed by atoms with Crippen LogP contribution in [0.3, 0.4) is 0 Å². The smallest absolute Gasteiger partial charge is 0.303 e. The summed E-state index contributed by atoms with van der Waals surface area (Å²) in [4.78, 5) is 10.9. The van der Waals surface area contributed by atoms with Crippen molar-refractivity contribution in [2.24, 2.45) is 16.0 Å². The van der Waals surface area contributed by atoms with E-state index in [4.69, 9.17) is 5.11 Å². The Bertz CT molecular complexity index is 652. The highest BCUT2D eigenvalue weighted by Gasteiger charge is 2.43. The van der Waals surface area contributed by atoms with Gasteiger partial charge >= 0.3 is 5.97 Å². The normalized spacial score (nSPS) is 24.1. The summed E-state index contributed by atoms with van der Waals surface area (Å²) in [6.07, 6.45) is 8.48. The summed E-state index contributed by atoms with van der Waals surface area (Å²) in [6, 6.07) is 10.2. The van der Waals surface area contributed by atoms with Gasteiger partial charge in [-0.05, 0) is 11.0 Å². The first kappa shape index (κ1) is 18.0. The quantitative estimate of drug-likeness (QED) is 0.359. The molecule has 2 rings (SSSR count). The molecule has 24 heavy (non-hydrogen) atoms. The fourth-order valence-corrected chi connectivity index (χ4v) is 3.22. The molecule has 4 heteroatoms. The molecule has 1 aliphatic rings. The fraction of sp³-hybridized carbons (Fsp3) is 0.400. The van der Waals surface area contributed by atoms with Crippen LogP contribution in [0, 0.1) is 10.8 Å². The molecule has 0 radical (unpaired) electrons. The van der Waals surface area contributed by atoms with E-state index in [1.807, 2.05) is 18.2 Å². The molecule has 4 nitrogen and oxygen atoms in total. The summed E-state index contributed by atoms with van der Waals surface area (Å²) in [5.41, 5.74) is 0.835. The third-order valence-electron chi connectivity index (χ3n) is 4.73. The number of hydrogen-bond acceptors (Lipinski definition) is 3. The first-order chi connectivity index (χ1) is 11.3. The van der Waals surface area contributed by atoms with Crippen molar-refractivity contribution in [1.82, 2.24) is 0 Å². The standard InChI is InChI=1S/C20H25NO3/c1-19(2,3)20(17(21-24)9-10-18(22)23)13-11-16(12-14-20)15-7-5-4-6-8-15/h4-8,11-14,16,24H,9-10H2,1-3H3,(H,22,23)/b21-17+. The van der Waals surface area contributed by atoms with Crippen molar-refractivity contribution in [2.45, 2.75) is 39.5 Å². The van der Waals surface area contributed by atoms with Crippen LogP contribution in [0.5, 0.6) is 0 Å². The minimum atomic E-state index is -0.897. The van der Waals surface area contributed by atoms with Gasteiger partial charge in [0.25, 0.3) is 0 Å². The number of carboxylic acid groups (broad SMARTS) is 1. The number of allylic oxidation sites excluding steroid dienone is 4. The van der Waals surface area contributed by atoms with Crippen LogP contribution in [0.15, 0.2) is 59.8 Å². The van der Waals surface area contributed by atoms with Crippen LogP contribution in [0.25, 0.3) is 0 Å². The van der Waals surface area contributed by atoms with Crippen LogP contribution in [-0.2, 0) is 4.79 Å². The van der Waals surface area contributed by atoms with E-state index in [-0.39, 0.29) is 24.2 Å². The molecule has 0 heterocycles. The molecule has 0 atom stereocenters. The van der Waals surface area contributed by atoms with Crippen molar-refractivity contribution in [3.8, 4) is 0 Å². The van der Waals surface area contributed by atoms with Gasteiger partial charge in [-0.2, -0.15) is 0 Å². The molecule has 2 N–H and O–H groups in total. The van der Waals surface area contributed by atoms with E-state index in [9.17, 15) is 10.0 Å². The lowest BCUT2D eigenvalue weighted by molar-refractivity contribution is -0.136. The highest BCUT2D eigenvalue weighted by molar-refractivity contribution is 5.96. The Morgan fingerprint density at radius 3 is 2.17 bits per heavy atom. The Labute approximate surface area is 143 Å². The van der Waals surface area contributed by atoms with Crippen molar-refractivity contribution in [3.05, 3.63) is 60.2 Å². The fourth-order valence-electron chi connectivity index (χ4n) is 3.22. The molecule has 0 saturated carbocycles. The summed E-state index contributed by atoms with van der Waals surface area (Å²) >= 11 is 0. The number of carbonyl (C=O) groups is 1. The van der Waals surface area contributed by atoms with E-state index in [1.165, 1.54) is 5.56 Å². The average molecular weight is 327 g/mol. The maximum absolute atomic E-state index is 10.9. The molecule has 1 aromatic carbocycles. The molecular formula is C20H25NO3. The van der Waals surface area contributed by atoms with Gasteiger partial charge in [0.05, 0.1) is 17.5 Å². The molecule has 0 unspecified atom stereocenters. The van der Waals surface area contributed by atoms with Crippen LogP contribution >= 0.6 is 0 Å². The van der Waals surface area contributed by atoms with Crippen molar-refractivity contribution < 1.29 is 15.1 Å². The maximum atomic E-state index is 10.9. The zero-order valence-corrected chi connectivity index (χ0v) is 14.4. The van der Waals surface area contributed by atoms with Gasteiger partial charge in [0.15, 0.2) is 0 Å². The van der Waals surface area contributed by atoms with E-state index >= 15 is 0 Å². The molecule has 0 spiro atoms. The predicted molar refractivity (Wildman–Crippen MR) is 95.4 cm³/mol. The Hall–Kier alpha value is -2.36. The number of aliphatic carboxylic acids is 1. The first-order valence-corrected chi connectivity index (χ1v) is 8.17. The Balaban J connectivity index is 2.35. The van der Waals surface area contributed by atoms with E-state index in [0.717, 1.165) is 0 Å². The number of hydrogen-bond donors (Lipinski definition) is 2. The molecule has 0 bridgehead atoms. The molecule has 0 amide bonds. The third-order valence-corrected chi connectivity index (χ3v) is 4.73. The summed E-state index contributed by atoms with van der Waals surface area (Å²) in [5, 5.41) is 22.0. The van der Waals surface area contributed by atoms with Gasteiger partial charge in [0.2, 0.25) is 0 Å². The molecule has 1 aliphatic carbocycles. The van der Waals surface area contributed by atoms with E-state index in [1.54, 1.807) is 0 Å². The molecule has 0 fully saturated rings. The van der Waals surface area contributed by atoms with E-state index < -0.39 is 11.4 Å². The lowest BCUT2D eigenvalue weighted by atomic mass is 9.60. The second-order valence-electron chi connectivity index (χ2n) is 7.21. The van der Waals surface area contributed by atoms with Crippen molar-refractivity contribution >= 4 is 11.7 Å². The van der Waals surface area contributed by atoms with Gasteiger partial charge in [-0.15, -0.1) is 0 Å². The topological polar surface area (TPSA) is 69.9 Å². The zero-order valence-electron chi connectivity index (χ0n) is 14.4. The zero-order chi connectivity index (χ0) is 17.8. The van der Waals surface area contributed by atoms with Crippen molar-refractivity contribution in [3.63, 3.8) is 0 Å². The lowest BCUT2D eigenvalue weighted by Crippen LogP contribution is -2.41. The Morgan fingerprint density at radius 1 is 1.12 bits per heavy atom. The summed E-state index contributed by atoms with van der Waals surface area (Å²) in [6.45, 7) is 6.20. The van der Waals surface area contributed by atoms with Crippen LogP contribution in [0.1, 0.15) is 45.1 Å². The summed E-state index contributed by atoms with van der Waals surface area (Å²) in [7, 11) is 0. The largest absolute Gasteiger partial charge is 0.481 e. The summed E-state index contributed by atoms with van der Waals surface area (Å²) < 4.78 is 0. The van der Waals surface area contributed by atoms with Crippen LogP contribution < -0.4 is 0 Å². The van der Waals surface area contributed by atoms with Crippen LogP contribution in [0.4, 0.5) is 0 Å². The number of nitrogens with zero attached hydrogens (tertiary/aromatic N) is 1. The second kappa shape index (κ2) is 7.04. The predicted octanol–water partition coefficient (Wildman–Crippen LogP) is 4.62. The van der Waals surface area contributed by atoms with Gasteiger partial charge in [-0.25, -0.2) is 0 Å². The number of carboxylic acids is 1. The minimum Gasteiger partial charge on any atom is -0.481 e. The molecular weight excluding hydrogens is 302 g/mol. The monoisotopic (exact) mass is 327 g/mol. The summed E-state index contributed by atoms with van der Waals surface area (Å²) in [5.74, 6) is -0.729. The van der Waals surface area contributed by atoms with Gasteiger partial charge in [0.1, 0.15) is 0 Å². The number of oxime groups is 1. The van der Waals surface area contributed by atoms with Gasteiger partial charge < -0.3 is 10.3 Å². The number of benzene rings is 1. The molecule has 0 aromatic heterocycles. The molecule has 0 aliphatic heterocycles. The van der Waals surface area contributed by atoms with Crippen molar-refractivity contribution in [1.29, 1.82) is 0 Å². The molecule has 128 valence electrons. The van der Waals surface area contributed by atoms with Crippen molar-refractivity contribution in [2.75, 3.05) is 0 Å². The lowest BCUT2D eigenvalue weighted by Gasteiger charge is -2.43. The Kier molecular flexibility index (Phi) is 5.27. The maximum Gasteiger partial charge on any atom is 0.303 e. The molecule has 1 aromatic rings. The van der Waals surface area contributed by atoms with Gasteiger partial charge in [0, 0.05) is 12.3 Å². The highest BCUT2D eigenvalue weighted by Crippen LogP contribution is 2.47.